The fraction of sp³-hybridized carbons (Fsp3) is 0.926. The van der Waals surface area contributed by atoms with E-state index in [0.29, 0.717) is 25.7 Å². The molecule has 0 bridgehead atoms. The van der Waals surface area contributed by atoms with E-state index in [9.17, 15) is 24.3 Å². The van der Waals surface area contributed by atoms with Crippen molar-refractivity contribution in [1.29, 1.82) is 0 Å². The topological polar surface area (TPSA) is 135 Å². The molecule has 64 heavy (non-hydrogen) atoms. The van der Waals surface area contributed by atoms with Crippen LogP contribution in [0.15, 0.2) is 0 Å². The minimum Gasteiger partial charge on any atom is -0.463 e. The Morgan fingerprint density at radius 2 is 0.594 bits per heavy atom. The van der Waals surface area contributed by atoms with E-state index in [2.05, 4.69) is 27.7 Å². The first-order valence-corrected chi connectivity index (χ1v) is 27.3. The molecule has 0 saturated carbocycles. The van der Waals surface area contributed by atoms with Crippen LogP contribution in [0.25, 0.3) is 0 Å². The van der Waals surface area contributed by atoms with Gasteiger partial charge in [-0.05, 0) is 25.7 Å². The first-order chi connectivity index (χ1) is 31.3. The number of esters is 4. The van der Waals surface area contributed by atoms with Gasteiger partial charge in [0.1, 0.15) is 12.7 Å². The second kappa shape index (κ2) is 43.4. The molecule has 1 rings (SSSR count). The summed E-state index contributed by atoms with van der Waals surface area (Å²) in [7, 11) is 0. The van der Waals surface area contributed by atoms with Crippen LogP contribution in [0.5, 0.6) is 0 Å². The molecule has 376 valence electrons. The second-order valence-corrected chi connectivity index (χ2v) is 18.9. The number of aliphatic hydroxyl groups is 1. The van der Waals surface area contributed by atoms with E-state index in [1.54, 1.807) is 0 Å². The van der Waals surface area contributed by atoms with E-state index >= 15 is 0 Å². The molecule has 1 fully saturated rings. The SMILES string of the molecule is CCCCCCCCCCCC(=O)OC[C@H]1O[C@H](O)[C@H](OC(=O)CCCCCCCCCCC)[C@@H](OC(=O)CCCCCCCCCCC)[C@H]1OC(=O)CCCCCCCCCCC. The number of rotatable bonds is 45. The lowest BCUT2D eigenvalue weighted by Crippen LogP contribution is -2.62. The van der Waals surface area contributed by atoms with Gasteiger partial charge in [0.25, 0.3) is 0 Å². The molecule has 1 aliphatic heterocycles. The van der Waals surface area contributed by atoms with Gasteiger partial charge in [-0.15, -0.1) is 0 Å². The molecule has 1 heterocycles. The lowest BCUT2D eigenvalue weighted by atomic mass is 9.97. The van der Waals surface area contributed by atoms with Crippen LogP contribution in [0.2, 0.25) is 0 Å². The maximum atomic E-state index is 13.5. The average Bonchev–Trinajstić information content (AvgIpc) is 3.28. The first-order valence-electron chi connectivity index (χ1n) is 27.3. The highest BCUT2D eigenvalue weighted by Gasteiger charge is 2.52. The van der Waals surface area contributed by atoms with Gasteiger partial charge in [0.2, 0.25) is 0 Å². The molecule has 0 amide bonds. The second-order valence-electron chi connectivity index (χ2n) is 18.9. The van der Waals surface area contributed by atoms with Crippen LogP contribution in [0.1, 0.15) is 285 Å². The Morgan fingerprint density at radius 3 is 0.906 bits per heavy atom. The zero-order chi connectivity index (χ0) is 46.7. The van der Waals surface area contributed by atoms with Crippen LogP contribution in [-0.4, -0.2) is 66.3 Å². The van der Waals surface area contributed by atoms with Gasteiger partial charge in [0.05, 0.1) is 0 Å². The smallest absolute Gasteiger partial charge is 0.306 e. The van der Waals surface area contributed by atoms with Crippen LogP contribution in [0.3, 0.4) is 0 Å². The third kappa shape index (κ3) is 33.3. The van der Waals surface area contributed by atoms with Gasteiger partial charge in [-0.2, -0.15) is 0 Å². The predicted octanol–water partition coefficient (Wildman–Crippen LogP) is 14.7. The lowest BCUT2D eigenvalue weighted by Gasteiger charge is -2.43. The van der Waals surface area contributed by atoms with Crippen molar-refractivity contribution >= 4 is 23.9 Å². The number of ether oxygens (including phenoxy) is 5. The van der Waals surface area contributed by atoms with Crippen LogP contribution < -0.4 is 0 Å². The molecule has 5 atom stereocenters. The number of carbonyl (C=O) groups excluding carboxylic acids is 4. The molecular formula is C54H100O10. The van der Waals surface area contributed by atoms with Crippen molar-refractivity contribution in [2.75, 3.05) is 6.61 Å². The lowest BCUT2D eigenvalue weighted by molar-refractivity contribution is -0.297. The Kier molecular flexibility index (Phi) is 40.5. The highest BCUT2D eigenvalue weighted by molar-refractivity contribution is 5.72. The molecule has 0 radical (unpaired) electrons. The van der Waals surface area contributed by atoms with E-state index in [-0.39, 0.29) is 32.3 Å². The summed E-state index contributed by atoms with van der Waals surface area (Å²) < 4.78 is 29.6. The van der Waals surface area contributed by atoms with Gasteiger partial charge >= 0.3 is 23.9 Å². The summed E-state index contributed by atoms with van der Waals surface area (Å²) in [5, 5.41) is 11.4. The molecule has 1 aliphatic rings. The molecular weight excluding hydrogens is 809 g/mol. The summed E-state index contributed by atoms with van der Waals surface area (Å²) in [5.41, 5.74) is 0. The summed E-state index contributed by atoms with van der Waals surface area (Å²) in [6, 6.07) is 0. The van der Waals surface area contributed by atoms with Gasteiger partial charge in [0, 0.05) is 25.7 Å². The third-order valence-electron chi connectivity index (χ3n) is 12.8. The maximum Gasteiger partial charge on any atom is 0.306 e. The molecule has 10 nitrogen and oxygen atoms in total. The van der Waals surface area contributed by atoms with Gasteiger partial charge in [0.15, 0.2) is 24.6 Å². The predicted molar refractivity (Wildman–Crippen MR) is 259 cm³/mol. The van der Waals surface area contributed by atoms with Crippen molar-refractivity contribution in [3.05, 3.63) is 0 Å². The van der Waals surface area contributed by atoms with Crippen molar-refractivity contribution in [3.63, 3.8) is 0 Å². The molecule has 1 N–H and O–H groups in total. The zero-order valence-corrected chi connectivity index (χ0v) is 42.0. The molecule has 1 saturated heterocycles. The maximum absolute atomic E-state index is 13.5. The quantitative estimate of drug-likeness (QED) is 0.0357. The largest absolute Gasteiger partial charge is 0.463 e. The van der Waals surface area contributed by atoms with E-state index in [0.717, 1.165) is 77.0 Å². The summed E-state index contributed by atoms with van der Waals surface area (Å²) in [5.74, 6) is -1.97. The Labute approximate surface area is 392 Å². The van der Waals surface area contributed by atoms with E-state index in [1.807, 2.05) is 0 Å². The summed E-state index contributed by atoms with van der Waals surface area (Å²) >= 11 is 0. The number of carbonyl (C=O) groups is 4. The summed E-state index contributed by atoms with van der Waals surface area (Å²) in [6.07, 6.45) is 33.5. The van der Waals surface area contributed by atoms with Crippen molar-refractivity contribution in [1.82, 2.24) is 0 Å². The van der Waals surface area contributed by atoms with Crippen molar-refractivity contribution in [3.8, 4) is 0 Å². The van der Waals surface area contributed by atoms with Gasteiger partial charge < -0.3 is 28.8 Å². The molecule has 10 heteroatoms. The van der Waals surface area contributed by atoms with E-state index < -0.39 is 54.6 Å². The molecule has 0 aromatic carbocycles. The summed E-state index contributed by atoms with van der Waals surface area (Å²) in [4.78, 5) is 53.3. The number of aliphatic hydroxyl groups excluding tert-OH is 1. The van der Waals surface area contributed by atoms with Crippen LogP contribution >= 0.6 is 0 Å². The number of hydrogen-bond donors (Lipinski definition) is 1. The highest BCUT2D eigenvalue weighted by atomic mass is 16.7. The number of hydrogen-bond acceptors (Lipinski definition) is 10. The third-order valence-corrected chi connectivity index (χ3v) is 12.8. The van der Waals surface area contributed by atoms with Crippen LogP contribution in [-0.2, 0) is 42.9 Å². The first kappa shape index (κ1) is 59.8. The van der Waals surface area contributed by atoms with E-state index in [4.69, 9.17) is 23.7 Å². The van der Waals surface area contributed by atoms with E-state index in [1.165, 1.54) is 128 Å². The van der Waals surface area contributed by atoms with Crippen molar-refractivity contribution in [2.45, 2.75) is 315 Å². The minimum atomic E-state index is -1.69. The Hall–Kier alpha value is -2.20. The normalized spacial score (nSPS) is 18.5. The molecule has 0 unspecified atom stereocenters. The molecule has 0 spiro atoms. The monoisotopic (exact) mass is 909 g/mol. The zero-order valence-electron chi connectivity index (χ0n) is 42.0. The molecule has 0 aromatic heterocycles. The number of unbranched alkanes of at least 4 members (excludes halogenated alkanes) is 32. The molecule has 0 aliphatic carbocycles. The fourth-order valence-electron chi connectivity index (χ4n) is 8.63. The fourth-order valence-corrected chi connectivity index (χ4v) is 8.63. The average molecular weight is 909 g/mol. The summed E-state index contributed by atoms with van der Waals surface area (Å²) in [6.45, 7) is 8.55. The Bertz CT molecular complexity index is 1110. The highest BCUT2D eigenvalue weighted by Crippen LogP contribution is 2.30. The minimum absolute atomic E-state index is 0.139. The van der Waals surface area contributed by atoms with Crippen LogP contribution in [0, 0.1) is 0 Å². The van der Waals surface area contributed by atoms with Gasteiger partial charge in [-0.25, -0.2) is 0 Å². The van der Waals surface area contributed by atoms with Crippen molar-refractivity contribution < 1.29 is 48.0 Å². The van der Waals surface area contributed by atoms with Crippen molar-refractivity contribution in [2.24, 2.45) is 0 Å². The Morgan fingerprint density at radius 1 is 0.344 bits per heavy atom. The standard InChI is InChI=1S/C54H100O10/c1-5-9-13-17-21-25-29-33-37-41-47(55)60-45-46-51(62-48(56)42-38-34-30-26-22-18-14-10-6-2)52(63-49(57)43-39-35-31-27-23-19-15-11-7-3)53(54(59)61-46)64-50(58)44-40-36-32-28-24-20-16-12-8-4/h46,51-54,59H,5-45H2,1-4H3/t46-,51+,52+,53-,54+/m1/s1. The Balaban J connectivity index is 3.03. The van der Waals surface area contributed by atoms with Gasteiger partial charge in [-0.1, -0.05) is 233 Å². The van der Waals surface area contributed by atoms with Crippen LogP contribution in [0.4, 0.5) is 0 Å². The van der Waals surface area contributed by atoms with Gasteiger partial charge in [-0.3, -0.25) is 19.2 Å². The molecule has 0 aromatic rings.